The summed E-state index contributed by atoms with van der Waals surface area (Å²) >= 11 is 0. The molecule has 0 aliphatic heterocycles. The number of hydrogen-bond acceptors (Lipinski definition) is 8. The standard InChI is InChI=1S/C17H17N3O6/c1-3-25-15(21)17(16(22)26-4-2,12-8-6-5-7-9-12)14-18-10-13(11-19-14)20(23)24/h5-11H,3-4H2,1-2H3. The van der Waals surface area contributed by atoms with Crippen molar-refractivity contribution >= 4 is 17.6 Å². The maximum absolute atomic E-state index is 12.9. The van der Waals surface area contributed by atoms with Crippen LogP contribution in [0.15, 0.2) is 42.7 Å². The van der Waals surface area contributed by atoms with Crippen molar-refractivity contribution in [1.82, 2.24) is 9.97 Å². The van der Waals surface area contributed by atoms with Crippen LogP contribution in [-0.2, 0) is 24.5 Å². The molecule has 0 atom stereocenters. The summed E-state index contributed by atoms with van der Waals surface area (Å²) in [6.45, 7) is 3.21. The lowest BCUT2D eigenvalue weighted by Crippen LogP contribution is -2.48. The van der Waals surface area contributed by atoms with Crippen molar-refractivity contribution in [3.63, 3.8) is 0 Å². The van der Waals surface area contributed by atoms with Crippen LogP contribution in [0.4, 0.5) is 5.69 Å². The van der Waals surface area contributed by atoms with Crippen LogP contribution < -0.4 is 0 Å². The zero-order chi connectivity index (χ0) is 19.2. The topological polar surface area (TPSA) is 122 Å². The lowest BCUT2D eigenvalue weighted by molar-refractivity contribution is -0.385. The number of ether oxygens (including phenoxy) is 2. The van der Waals surface area contributed by atoms with Crippen molar-refractivity contribution in [2.45, 2.75) is 19.3 Å². The summed E-state index contributed by atoms with van der Waals surface area (Å²) in [6.07, 6.45) is 1.86. The number of carbonyl (C=O) groups excluding carboxylic acids is 2. The molecule has 1 heterocycles. The van der Waals surface area contributed by atoms with E-state index in [9.17, 15) is 19.7 Å². The molecule has 0 radical (unpaired) electrons. The van der Waals surface area contributed by atoms with Gasteiger partial charge in [0.25, 0.3) is 0 Å². The van der Waals surface area contributed by atoms with Crippen LogP contribution in [-0.4, -0.2) is 40.0 Å². The second kappa shape index (κ2) is 8.15. The molecule has 1 aromatic carbocycles. The molecule has 0 N–H and O–H groups in total. The van der Waals surface area contributed by atoms with Gasteiger partial charge in [0.05, 0.1) is 18.1 Å². The Bertz CT molecular complexity index is 774. The highest BCUT2D eigenvalue weighted by Crippen LogP contribution is 2.33. The van der Waals surface area contributed by atoms with Gasteiger partial charge in [-0.05, 0) is 19.4 Å². The van der Waals surface area contributed by atoms with E-state index >= 15 is 0 Å². The molecule has 9 heteroatoms. The minimum atomic E-state index is -2.08. The van der Waals surface area contributed by atoms with E-state index in [1.54, 1.807) is 44.2 Å². The van der Waals surface area contributed by atoms with E-state index < -0.39 is 22.3 Å². The number of carbonyl (C=O) groups is 2. The molecule has 0 saturated carbocycles. The first kappa shape index (κ1) is 19.0. The largest absolute Gasteiger partial charge is 0.465 e. The second-order valence-electron chi connectivity index (χ2n) is 5.08. The van der Waals surface area contributed by atoms with Gasteiger partial charge in [0.1, 0.15) is 12.4 Å². The molecule has 1 aromatic heterocycles. The molecule has 2 aromatic rings. The summed E-state index contributed by atoms with van der Waals surface area (Å²) in [7, 11) is 0. The lowest BCUT2D eigenvalue weighted by atomic mass is 9.79. The van der Waals surface area contributed by atoms with Crippen molar-refractivity contribution < 1.29 is 24.0 Å². The first-order chi connectivity index (χ1) is 12.5. The van der Waals surface area contributed by atoms with E-state index in [0.717, 1.165) is 12.4 Å². The average Bonchev–Trinajstić information content (AvgIpc) is 2.64. The first-order valence-electron chi connectivity index (χ1n) is 7.85. The van der Waals surface area contributed by atoms with E-state index in [1.165, 1.54) is 0 Å². The Balaban J connectivity index is 2.74. The van der Waals surface area contributed by atoms with Crippen molar-refractivity contribution in [2.75, 3.05) is 13.2 Å². The Morgan fingerprint density at radius 1 is 1.04 bits per heavy atom. The molecule has 9 nitrogen and oxygen atoms in total. The minimum Gasteiger partial charge on any atom is -0.465 e. The number of nitrogens with zero attached hydrogens (tertiary/aromatic N) is 3. The smallest absolute Gasteiger partial charge is 0.336 e. The maximum Gasteiger partial charge on any atom is 0.336 e. The number of hydrogen-bond donors (Lipinski definition) is 0. The summed E-state index contributed by atoms with van der Waals surface area (Å²) < 4.78 is 10.2. The summed E-state index contributed by atoms with van der Waals surface area (Å²) in [4.78, 5) is 43.7. The van der Waals surface area contributed by atoms with Crippen molar-refractivity contribution in [1.29, 1.82) is 0 Å². The van der Waals surface area contributed by atoms with Gasteiger partial charge < -0.3 is 9.47 Å². The van der Waals surface area contributed by atoms with Gasteiger partial charge in [0.2, 0.25) is 5.41 Å². The van der Waals surface area contributed by atoms with Crippen LogP contribution in [0.25, 0.3) is 0 Å². The van der Waals surface area contributed by atoms with Crippen LogP contribution in [0.2, 0.25) is 0 Å². The van der Waals surface area contributed by atoms with Gasteiger partial charge in [-0.3, -0.25) is 10.1 Å². The fourth-order valence-corrected chi connectivity index (χ4v) is 2.41. The molecule has 2 rings (SSSR count). The molecule has 0 fully saturated rings. The Morgan fingerprint density at radius 3 is 1.96 bits per heavy atom. The Kier molecular flexibility index (Phi) is 5.94. The third-order valence-corrected chi connectivity index (χ3v) is 3.55. The van der Waals surface area contributed by atoms with Gasteiger partial charge in [-0.2, -0.15) is 0 Å². The molecule has 0 aliphatic carbocycles. The predicted octanol–water partition coefficient (Wildman–Crippen LogP) is 1.80. The Morgan fingerprint density at radius 2 is 1.54 bits per heavy atom. The second-order valence-corrected chi connectivity index (χ2v) is 5.08. The normalized spacial score (nSPS) is 10.8. The molecule has 0 unspecified atom stereocenters. The molecular formula is C17H17N3O6. The number of rotatable bonds is 7. The van der Waals surface area contributed by atoms with E-state index in [2.05, 4.69) is 9.97 Å². The quantitative estimate of drug-likeness (QED) is 0.317. The fourth-order valence-electron chi connectivity index (χ4n) is 2.41. The van der Waals surface area contributed by atoms with Gasteiger partial charge in [-0.1, -0.05) is 30.3 Å². The molecule has 0 amide bonds. The molecule has 26 heavy (non-hydrogen) atoms. The predicted molar refractivity (Wildman–Crippen MR) is 89.2 cm³/mol. The third-order valence-electron chi connectivity index (χ3n) is 3.55. The molecule has 136 valence electrons. The Labute approximate surface area is 149 Å². The molecule has 0 bridgehead atoms. The highest BCUT2D eigenvalue weighted by atomic mass is 16.6. The molecule has 0 spiro atoms. The van der Waals surface area contributed by atoms with Crippen molar-refractivity contribution in [3.05, 3.63) is 64.2 Å². The van der Waals surface area contributed by atoms with E-state index in [4.69, 9.17) is 9.47 Å². The summed E-state index contributed by atoms with van der Waals surface area (Å²) in [6, 6.07) is 8.06. The third kappa shape index (κ3) is 3.37. The van der Waals surface area contributed by atoms with Gasteiger partial charge in [-0.25, -0.2) is 19.6 Å². The van der Waals surface area contributed by atoms with Gasteiger partial charge in [-0.15, -0.1) is 0 Å². The lowest BCUT2D eigenvalue weighted by Gasteiger charge is -2.28. The van der Waals surface area contributed by atoms with E-state index in [1.807, 2.05) is 0 Å². The van der Waals surface area contributed by atoms with E-state index in [0.29, 0.717) is 0 Å². The number of nitro groups is 1. The van der Waals surface area contributed by atoms with Crippen molar-refractivity contribution in [2.24, 2.45) is 0 Å². The molecule has 0 saturated heterocycles. The van der Waals surface area contributed by atoms with Gasteiger partial charge >= 0.3 is 17.6 Å². The minimum absolute atomic E-state index is 0.0137. The van der Waals surface area contributed by atoms with Crippen LogP contribution in [0.3, 0.4) is 0 Å². The number of esters is 2. The van der Waals surface area contributed by atoms with Crippen LogP contribution in [0.1, 0.15) is 25.2 Å². The van der Waals surface area contributed by atoms with Crippen LogP contribution >= 0.6 is 0 Å². The average molecular weight is 359 g/mol. The highest BCUT2D eigenvalue weighted by Gasteiger charge is 2.55. The summed E-state index contributed by atoms with van der Waals surface area (Å²) in [5.74, 6) is -2.09. The SMILES string of the molecule is CCOC(=O)C(C(=O)OCC)(c1ccccc1)c1ncc([N+](=O)[O-])cn1. The van der Waals surface area contributed by atoms with E-state index in [-0.39, 0.29) is 30.3 Å². The number of benzene rings is 1. The van der Waals surface area contributed by atoms with Gasteiger partial charge in [0.15, 0.2) is 5.82 Å². The first-order valence-corrected chi connectivity index (χ1v) is 7.85. The van der Waals surface area contributed by atoms with Crippen LogP contribution in [0.5, 0.6) is 0 Å². The fraction of sp³-hybridized carbons (Fsp3) is 0.294. The van der Waals surface area contributed by atoms with Crippen molar-refractivity contribution in [3.8, 4) is 0 Å². The Hall–Kier alpha value is -3.36. The monoisotopic (exact) mass is 359 g/mol. The maximum atomic E-state index is 12.9. The molecule has 0 aliphatic rings. The zero-order valence-corrected chi connectivity index (χ0v) is 14.2. The summed E-state index contributed by atoms with van der Waals surface area (Å²) in [5, 5.41) is 10.8. The number of aromatic nitrogens is 2. The highest BCUT2D eigenvalue weighted by molar-refractivity contribution is 6.09. The van der Waals surface area contributed by atoms with Crippen LogP contribution in [0, 0.1) is 10.1 Å². The van der Waals surface area contributed by atoms with Gasteiger partial charge in [0, 0.05) is 0 Å². The zero-order valence-electron chi connectivity index (χ0n) is 14.2. The summed E-state index contributed by atoms with van der Waals surface area (Å²) in [5.41, 5.74) is -2.21. The molecular weight excluding hydrogens is 342 g/mol.